The summed E-state index contributed by atoms with van der Waals surface area (Å²) in [6, 6.07) is 9.89. The molecule has 0 aliphatic carbocycles. The Hall–Kier alpha value is -1.40. The number of hydrogen-bond donors (Lipinski definition) is 1. The summed E-state index contributed by atoms with van der Waals surface area (Å²) in [6.07, 6.45) is 2.36. The van der Waals surface area contributed by atoms with Gasteiger partial charge in [-0.05, 0) is 24.2 Å². The zero-order valence-electron chi connectivity index (χ0n) is 11.9. The van der Waals surface area contributed by atoms with Crippen LogP contribution >= 0.6 is 12.2 Å². The van der Waals surface area contributed by atoms with E-state index in [9.17, 15) is 8.42 Å². The number of thiocarbonyl (C=S) groups is 1. The second-order valence-electron chi connectivity index (χ2n) is 5.15. The Morgan fingerprint density at radius 2 is 2.14 bits per heavy atom. The summed E-state index contributed by atoms with van der Waals surface area (Å²) in [5.41, 5.74) is 1.12. The molecule has 114 valence electrons. The molecule has 1 aromatic carbocycles. The van der Waals surface area contributed by atoms with Crippen molar-refractivity contribution in [3.8, 4) is 0 Å². The lowest BCUT2D eigenvalue weighted by molar-refractivity contribution is 0.324. The van der Waals surface area contributed by atoms with Crippen molar-refractivity contribution in [2.45, 2.75) is 19.0 Å². The predicted molar refractivity (Wildman–Crippen MR) is 89.8 cm³/mol. The van der Waals surface area contributed by atoms with E-state index in [1.54, 1.807) is 6.08 Å². The van der Waals surface area contributed by atoms with Gasteiger partial charge in [-0.2, -0.15) is 0 Å². The highest BCUT2D eigenvalue weighted by Crippen LogP contribution is 2.20. The lowest BCUT2D eigenvalue weighted by Crippen LogP contribution is -2.46. The molecule has 0 bridgehead atoms. The van der Waals surface area contributed by atoms with Crippen LogP contribution in [-0.4, -0.2) is 42.5 Å². The lowest BCUT2D eigenvalue weighted by atomic mass is 10.1. The van der Waals surface area contributed by atoms with Crippen LogP contribution in [0.2, 0.25) is 0 Å². The average molecular weight is 324 g/mol. The molecule has 1 atom stereocenters. The molecule has 4 nitrogen and oxygen atoms in total. The summed E-state index contributed by atoms with van der Waals surface area (Å²) in [6.45, 7) is 4.85. The van der Waals surface area contributed by atoms with Gasteiger partial charge in [0.05, 0.1) is 11.5 Å². The molecule has 1 fully saturated rings. The first-order chi connectivity index (χ1) is 10.0. The fourth-order valence-corrected chi connectivity index (χ4v) is 4.46. The van der Waals surface area contributed by atoms with Crippen molar-refractivity contribution in [2.75, 3.05) is 18.1 Å². The van der Waals surface area contributed by atoms with Gasteiger partial charge in [0.1, 0.15) is 0 Å². The highest BCUT2D eigenvalue weighted by Gasteiger charge is 2.33. The van der Waals surface area contributed by atoms with Gasteiger partial charge in [0.25, 0.3) is 0 Å². The minimum absolute atomic E-state index is 0.0555. The van der Waals surface area contributed by atoms with Crippen molar-refractivity contribution in [2.24, 2.45) is 0 Å². The molecule has 2 rings (SSSR count). The third-order valence-electron chi connectivity index (χ3n) is 3.50. The molecule has 6 heteroatoms. The zero-order chi connectivity index (χ0) is 15.3. The monoisotopic (exact) mass is 324 g/mol. The molecule has 1 aromatic rings. The van der Waals surface area contributed by atoms with Crippen LogP contribution in [0.15, 0.2) is 43.0 Å². The number of nitrogens with one attached hydrogen (secondary N) is 1. The van der Waals surface area contributed by atoms with Gasteiger partial charge in [-0.25, -0.2) is 8.42 Å². The van der Waals surface area contributed by atoms with Gasteiger partial charge in [0.15, 0.2) is 14.9 Å². The number of hydrogen-bond acceptors (Lipinski definition) is 3. The van der Waals surface area contributed by atoms with Crippen molar-refractivity contribution >= 4 is 27.2 Å². The fourth-order valence-electron chi connectivity index (χ4n) is 2.43. The van der Waals surface area contributed by atoms with E-state index in [4.69, 9.17) is 12.2 Å². The first-order valence-corrected chi connectivity index (χ1v) is 9.14. The maximum absolute atomic E-state index is 11.7. The minimum atomic E-state index is -2.94. The summed E-state index contributed by atoms with van der Waals surface area (Å²) in [5, 5.41) is 3.69. The molecule has 0 unspecified atom stereocenters. The van der Waals surface area contributed by atoms with Crippen LogP contribution < -0.4 is 5.32 Å². The Morgan fingerprint density at radius 1 is 1.43 bits per heavy atom. The molecule has 0 amide bonds. The summed E-state index contributed by atoms with van der Waals surface area (Å²) >= 11 is 5.42. The van der Waals surface area contributed by atoms with Crippen LogP contribution in [0.1, 0.15) is 12.0 Å². The van der Waals surface area contributed by atoms with E-state index in [2.05, 4.69) is 11.9 Å². The van der Waals surface area contributed by atoms with E-state index in [-0.39, 0.29) is 17.5 Å². The van der Waals surface area contributed by atoms with E-state index in [0.717, 1.165) is 5.56 Å². The third-order valence-corrected chi connectivity index (χ3v) is 5.63. The summed E-state index contributed by atoms with van der Waals surface area (Å²) in [5.74, 6) is 0.419. The van der Waals surface area contributed by atoms with Crippen molar-refractivity contribution in [1.82, 2.24) is 10.2 Å². The molecule has 0 spiro atoms. The van der Waals surface area contributed by atoms with E-state index in [1.807, 2.05) is 35.2 Å². The molecule has 1 aliphatic heterocycles. The van der Waals surface area contributed by atoms with E-state index >= 15 is 0 Å². The highest BCUT2D eigenvalue weighted by molar-refractivity contribution is 7.91. The SMILES string of the molecule is C=CCNC(=S)N(Cc1ccccc1)[C@H]1CCS(=O)(=O)C1. The standard InChI is InChI=1S/C15H20N2O2S2/c1-2-9-16-15(20)17(11-13-6-4-3-5-7-13)14-8-10-21(18,19)12-14/h2-7,14H,1,8-12H2,(H,16,20)/t14-/m0/s1. The smallest absolute Gasteiger partial charge is 0.169 e. The molecule has 0 radical (unpaired) electrons. The van der Waals surface area contributed by atoms with Crippen molar-refractivity contribution in [3.63, 3.8) is 0 Å². The Bertz CT molecular complexity index is 599. The molecule has 1 N–H and O–H groups in total. The second kappa shape index (κ2) is 7.04. The van der Waals surface area contributed by atoms with Crippen LogP contribution in [-0.2, 0) is 16.4 Å². The van der Waals surface area contributed by atoms with Crippen LogP contribution in [0.4, 0.5) is 0 Å². The Labute approximate surface area is 131 Å². The Morgan fingerprint density at radius 3 is 2.71 bits per heavy atom. The van der Waals surface area contributed by atoms with Gasteiger partial charge in [-0.3, -0.25) is 0 Å². The number of rotatable bonds is 5. The predicted octanol–water partition coefficient (Wildman–Crippen LogP) is 1.74. The summed E-state index contributed by atoms with van der Waals surface area (Å²) in [4.78, 5) is 1.98. The van der Waals surface area contributed by atoms with Gasteiger partial charge in [0, 0.05) is 19.1 Å². The summed E-state index contributed by atoms with van der Waals surface area (Å²) < 4.78 is 23.5. The zero-order valence-corrected chi connectivity index (χ0v) is 13.5. The van der Waals surface area contributed by atoms with Gasteiger partial charge in [-0.15, -0.1) is 6.58 Å². The minimum Gasteiger partial charge on any atom is -0.359 e. The van der Waals surface area contributed by atoms with E-state index in [1.165, 1.54) is 0 Å². The molecule has 0 aromatic heterocycles. The first kappa shape index (κ1) is 16.0. The molecule has 1 saturated heterocycles. The van der Waals surface area contributed by atoms with Crippen LogP contribution in [0.5, 0.6) is 0 Å². The van der Waals surface area contributed by atoms with Crippen LogP contribution in [0.3, 0.4) is 0 Å². The van der Waals surface area contributed by atoms with Crippen molar-refractivity contribution in [3.05, 3.63) is 48.6 Å². The normalized spacial score (nSPS) is 19.9. The largest absolute Gasteiger partial charge is 0.359 e. The molecule has 0 saturated carbocycles. The van der Waals surface area contributed by atoms with Gasteiger partial charge in [0.2, 0.25) is 0 Å². The van der Waals surface area contributed by atoms with Crippen LogP contribution in [0.25, 0.3) is 0 Å². The maximum Gasteiger partial charge on any atom is 0.169 e. The number of sulfone groups is 1. The van der Waals surface area contributed by atoms with Crippen molar-refractivity contribution < 1.29 is 8.42 Å². The van der Waals surface area contributed by atoms with Gasteiger partial charge in [-0.1, -0.05) is 36.4 Å². The van der Waals surface area contributed by atoms with Crippen LogP contribution in [0, 0.1) is 0 Å². The van der Waals surface area contributed by atoms with Gasteiger partial charge >= 0.3 is 0 Å². The second-order valence-corrected chi connectivity index (χ2v) is 7.76. The maximum atomic E-state index is 11.7. The lowest BCUT2D eigenvalue weighted by Gasteiger charge is -2.31. The Balaban J connectivity index is 2.14. The fraction of sp³-hybridized carbons (Fsp3) is 0.400. The molecule has 1 heterocycles. The van der Waals surface area contributed by atoms with E-state index in [0.29, 0.717) is 24.6 Å². The number of nitrogens with zero attached hydrogens (tertiary/aromatic N) is 1. The number of benzene rings is 1. The highest BCUT2D eigenvalue weighted by atomic mass is 32.2. The molecular formula is C15H20N2O2S2. The van der Waals surface area contributed by atoms with Crippen molar-refractivity contribution in [1.29, 1.82) is 0 Å². The molecular weight excluding hydrogens is 304 g/mol. The average Bonchev–Trinajstić information content (AvgIpc) is 2.83. The van der Waals surface area contributed by atoms with E-state index < -0.39 is 9.84 Å². The van der Waals surface area contributed by atoms with Gasteiger partial charge < -0.3 is 10.2 Å². The quantitative estimate of drug-likeness (QED) is 0.660. The molecule has 1 aliphatic rings. The summed E-state index contributed by atoms with van der Waals surface area (Å²) in [7, 11) is -2.94. The topological polar surface area (TPSA) is 49.4 Å². The third kappa shape index (κ3) is 4.54. The first-order valence-electron chi connectivity index (χ1n) is 6.91. The Kier molecular flexibility index (Phi) is 5.36. The molecule has 21 heavy (non-hydrogen) atoms.